The molecule has 6 nitrogen and oxygen atoms in total. The van der Waals surface area contributed by atoms with Gasteiger partial charge in [0.15, 0.2) is 0 Å². The molecule has 0 aliphatic carbocycles. The first-order valence-corrected chi connectivity index (χ1v) is 5.63. The molecule has 13 heavy (non-hydrogen) atoms. The summed E-state index contributed by atoms with van der Waals surface area (Å²) in [5.41, 5.74) is 0. The van der Waals surface area contributed by atoms with E-state index in [1.807, 2.05) is 0 Å². The third kappa shape index (κ3) is 7.00. The molecule has 0 amide bonds. The molecule has 0 aromatic carbocycles. The zero-order valence-corrected chi connectivity index (χ0v) is 9.26. The summed E-state index contributed by atoms with van der Waals surface area (Å²) in [5, 5.41) is 0. The van der Waals surface area contributed by atoms with Gasteiger partial charge >= 0.3 is 37.7 Å². The average Bonchev–Trinajstić information content (AvgIpc) is 1.56. The predicted octanol–water partition coefficient (Wildman–Crippen LogP) is -6.27. The van der Waals surface area contributed by atoms with Gasteiger partial charge < -0.3 is 2.85 Å². The number of hydrogen-bond acceptors (Lipinski definition) is 4. The van der Waals surface area contributed by atoms with Crippen LogP contribution < -0.4 is 37.7 Å². The average molecular weight is 220 g/mol. The smallest absolute Gasteiger partial charge is 1.00 e. The van der Waals surface area contributed by atoms with Crippen molar-refractivity contribution in [3.8, 4) is 0 Å². The Bertz CT molecular complexity index is 294. The van der Waals surface area contributed by atoms with E-state index in [-0.39, 0.29) is 40.6 Å². The molecule has 0 unspecified atom stereocenters. The Morgan fingerprint density at radius 2 is 1.31 bits per heavy atom. The molecule has 0 bridgehead atoms. The van der Waals surface area contributed by atoms with Crippen molar-refractivity contribution >= 4 is 20.2 Å². The Labute approximate surface area is 104 Å². The molecule has 0 aliphatic heterocycles. The van der Waals surface area contributed by atoms with Crippen LogP contribution in [0, 0.1) is 0 Å². The Kier molecular flexibility index (Phi) is 9.77. The van der Waals surface area contributed by atoms with Gasteiger partial charge in [-0.15, -0.1) is 0 Å². The molecule has 0 radical (unpaired) electrons. The molecule has 10 heteroatoms. The van der Waals surface area contributed by atoms with Gasteiger partial charge in [-0.05, 0) is 6.42 Å². The number of rotatable bonds is 3. The molecule has 0 saturated carbocycles. The van der Waals surface area contributed by atoms with Gasteiger partial charge in [-0.2, -0.15) is 16.8 Å². The van der Waals surface area contributed by atoms with Crippen LogP contribution in [-0.2, 0) is 20.2 Å². The monoisotopic (exact) mass is 220 g/mol. The van der Waals surface area contributed by atoms with E-state index in [1.54, 1.807) is 0 Å². The molecule has 0 aliphatic rings. The van der Waals surface area contributed by atoms with E-state index in [4.69, 9.17) is 9.11 Å². The predicted molar refractivity (Wildman–Crippen MR) is 39.4 cm³/mol. The summed E-state index contributed by atoms with van der Waals surface area (Å²) in [6, 6.07) is 0. The minimum absolute atomic E-state index is 0. The van der Waals surface area contributed by atoms with Crippen molar-refractivity contribution in [3.63, 3.8) is 0 Å². The van der Waals surface area contributed by atoms with Gasteiger partial charge in [-0.25, -0.2) is 0 Å². The van der Waals surface area contributed by atoms with E-state index in [0.717, 1.165) is 0 Å². The Morgan fingerprint density at radius 1 is 1.08 bits per heavy atom. The molecule has 0 rings (SSSR count). The van der Waals surface area contributed by atoms with Crippen LogP contribution in [0.25, 0.3) is 0 Å². The van der Waals surface area contributed by atoms with Gasteiger partial charge in [0.1, 0.15) is 0 Å². The van der Waals surface area contributed by atoms with Crippen LogP contribution in [0.2, 0.25) is 0 Å². The zero-order valence-electron chi connectivity index (χ0n) is 9.63. The van der Waals surface area contributed by atoms with E-state index in [2.05, 4.69) is 0 Å². The molecular weight excluding hydrogens is 210 g/mol. The molecule has 72 valence electrons. The SMILES string of the molecule is CCC(S(=O)(=O)O)S(=O)(=O)O.[H-].[H-].[Li+].[Li+]. The first-order chi connectivity index (χ1) is 4.69. The van der Waals surface area contributed by atoms with Crippen LogP contribution in [0.3, 0.4) is 0 Å². The molecule has 0 atom stereocenters. The second kappa shape index (κ2) is 6.49. The zero-order chi connectivity index (χ0) is 9.28. The quantitative estimate of drug-likeness (QED) is 0.362. The summed E-state index contributed by atoms with van der Waals surface area (Å²) in [7, 11) is -9.42. The second-order valence-corrected chi connectivity index (χ2v) is 5.36. The van der Waals surface area contributed by atoms with Crippen molar-refractivity contribution in [2.45, 2.75) is 17.9 Å². The van der Waals surface area contributed by atoms with Crippen LogP contribution in [0.4, 0.5) is 0 Å². The third-order valence-corrected chi connectivity index (χ3v) is 4.45. The minimum atomic E-state index is -4.71. The van der Waals surface area contributed by atoms with E-state index in [9.17, 15) is 16.8 Å². The molecule has 2 N–H and O–H groups in total. The Hall–Kier alpha value is 1.01. The van der Waals surface area contributed by atoms with Crippen molar-refractivity contribution in [2.75, 3.05) is 0 Å². The molecule has 0 aromatic rings. The van der Waals surface area contributed by atoms with Crippen LogP contribution in [-0.4, -0.2) is 30.5 Å². The maximum atomic E-state index is 10.2. The minimum Gasteiger partial charge on any atom is -1.00 e. The van der Waals surface area contributed by atoms with Crippen molar-refractivity contribution in [1.82, 2.24) is 0 Å². The number of hydrogen-bond donors (Lipinski definition) is 2. The normalized spacial score (nSPS) is 11.7. The first-order valence-electron chi connectivity index (χ1n) is 2.62. The fourth-order valence-corrected chi connectivity index (χ4v) is 2.65. The fraction of sp³-hybridized carbons (Fsp3) is 1.00. The fourth-order valence-electron chi connectivity index (χ4n) is 0.575. The molecule has 0 fully saturated rings. The summed E-state index contributed by atoms with van der Waals surface area (Å²) in [6.45, 7) is 1.21. The van der Waals surface area contributed by atoms with E-state index < -0.39 is 31.2 Å². The summed E-state index contributed by atoms with van der Waals surface area (Å²) >= 11 is 0. The summed E-state index contributed by atoms with van der Waals surface area (Å²) < 4.78 is 55.3. The van der Waals surface area contributed by atoms with Crippen LogP contribution >= 0.6 is 0 Å². The second-order valence-electron chi connectivity index (χ2n) is 1.87. The van der Waals surface area contributed by atoms with Gasteiger partial charge in [-0.1, -0.05) is 6.92 Å². The van der Waals surface area contributed by atoms with Gasteiger partial charge in [0.25, 0.3) is 20.2 Å². The van der Waals surface area contributed by atoms with Crippen molar-refractivity contribution in [2.24, 2.45) is 0 Å². The molecule has 0 aromatic heterocycles. The van der Waals surface area contributed by atoms with Crippen LogP contribution in [0.15, 0.2) is 0 Å². The largest absolute Gasteiger partial charge is 1.00 e. The maximum absolute atomic E-state index is 10.2. The molecular formula is C3H10Li2O6S2. The van der Waals surface area contributed by atoms with Crippen molar-refractivity contribution in [1.29, 1.82) is 0 Å². The maximum Gasteiger partial charge on any atom is 1.00 e. The van der Waals surface area contributed by atoms with Crippen molar-refractivity contribution < 1.29 is 66.5 Å². The van der Waals surface area contributed by atoms with E-state index >= 15 is 0 Å². The standard InChI is InChI=1S/C3H8O6S2.2Li.2H/c1-2-3(10(4,5)6)11(7,8)9;;;;/h3H,2H2,1H3,(H,4,5,6)(H,7,8,9);;;;/q;2*+1;2*-1. The third-order valence-electron chi connectivity index (χ3n) is 0.998. The van der Waals surface area contributed by atoms with Gasteiger partial charge in [0.2, 0.25) is 4.58 Å². The first kappa shape index (κ1) is 19.6. The topological polar surface area (TPSA) is 109 Å². The van der Waals surface area contributed by atoms with Crippen LogP contribution in [0.1, 0.15) is 16.2 Å². The van der Waals surface area contributed by atoms with Gasteiger partial charge in [0, 0.05) is 0 Å². The molecule has 0 heterocycles. The van der Waals surface area contributed by atoms with Gasteiger partial charge in [0.05, 0.1) is 0 Å². The van der Waals surface area contributed by atoms with E-state index in [1.165, 1.54) is 6.92 Å². The summed E-state index contributed by atoms with van der Waals surface area (Å²) in [5.74, 6) is 0. The summed E-state index contributed by atoms with van der Waals surface area (Å²) in [6.07, 6.45) is -0.391. The Balaban J connectivity index is -0.0000000833. The van der Waals surface area contributed by atoms with Gasteiger partial charge in [-0.3, -0.25) is 9.11 Å². The van der Waals surface area contributed by atoms with E-state index in [0.29, 0.717) is 0 Å². The molecule has 0 saturated heterocycles. The van der Waals surface area contributed by atoms with Crippen LogP contribution in [0.5, 0.6) is 0 Å². The van der Waals surface area contributed by atoms with Crippen molar-refractivity contribution in [3.05, 3.63) is 0 Å². The Morgan fingerprint density at radius 3 is 1.31 bits per heavy atom. The summed E-state index contributed by atoms with van der Waals surface area (Å²) in [4.78, 5) is 0. The molecule has 0 spiro atoms.